The quantitative estimate of drug-likeness (QED) is 0.346. The van der Waals surface area contributed by atoms with Crippen molar-refractivity contribution >= 4 is 5.95 Å². The molecule has 12 heteroatoms. The predicted molar refractivity (Wildman–Crippen MR) is 122 cm³/mol. The van der Waals surface area contributed by atoms with E-state index < -0.39 is 36.2 Å². The SMILES string of the molecule is CN(C)c1noc(CN2CCCC(OCc3cc(C(F)(F)F)cc(C(F)(F)F)c3)C2c2ccccc2)n1. The Balaban J connectivity index is 1.59. The van der Waals surface area contributed by atoms with Gasteiger partial charge in [-0.2, -0.15) is 31.3 Å². The van der Waals surface area contributed by atoms with Crippen molar-refractivity contribution in [3.63, 3.8) is 0 Å². The van der Waals surface area contributed by atoms with Crippen LogP contribution in [0.5, 0.6) is 0 Å². The minimum absolute atomic E-state index is 0.116. The molecule has 0 saturated carbocycles. The molecule has 1 fully saturated rings. The average molecular weight is 528 g/mol. The van der Waals surface area contributed by atoms with E-state index >= 15 is 0 Å². The summed E-state index contributed by atoms with van der Waals surface area (Å²) < 4.78 is 91.1. The number of hydrogen-bond donors (Lipinski definition) is 0. The molecule has 0 amide bonds. The van der Waals surface area contributed by atoms with E-state index in [4.69, 9.17) is 9.26 Å². The average Bonchev–Trinajstić information content (AvgIpc) is 3.31. The number of alkyl halides is 6. The fraction of sp³-hybridized carbons (Fsp3) is 0.440. The number of hydrogen-bond acceptors (Lipinski definition) is 6. The van der Waals surface area contributed by atoms with Crippen LogP contribution >= 0.6 is 0 Å². The van der Waals surface area contributed by atoms with Gasteiger partial charge in [-0.05, 0) is 53.9 Å². The fourth-order valence-electron chi connectivity index (χ4n) is 4.43. The third-order valence-electron chi connectivity index (χ3n) is 6.13. The topological polar surface area (TPSA) is 54.6 Å². The smallest absolute Gasteiger partial charge is 0.372 e. The van der Waals surface area contributed by atoms with Gasteiger partial charge >= 0.3 is 12.4 Å². The second-order valence-electron chi connectivity index (χ2n) is 9.11. The molecule has 1 saturated heterocycles. The van der Waals surface area contributed by atoms with Gasteiger partial charge in [0.15, 0.2) is 0 Å². The standard InChI is InChI=1S/C25H26F6N4O2/c1-34(2)23-32-21(37-33-23)14-35-10-6-9-20(22(35)17-7-4-3-5-8-17)36-15-16-11-18(24(26,27)28)13-19(12-16)25(29,30)31/h3-5,7-8,11-13,20,22H,6,9-10,14-15H2,1-2H3. The third kappa shape index (κ3) is 6.61. The Kier molecular flexibility index (Phi) is 7.79. The maximum atomic E-state index is 13.3. The normalized spacial score (nSPS) is 19.2. The van der Waals surface area contributed by atoms with Gasteiger partial charge in [0, 0.05) is 14.1 Å². The number of aromatic nitrogens is 2. The van der Waals surface area contributed by atoms with Crippen molar-refractivity contribution in [2.75, 3.05) is 25.5 Å². The number of halogens is 6. The molecule has 2 atom stereocenters. The van der Waals surface area contributed by atoms with E-state index in [1.165, 1.54) is 0 Å². The van der Waals surface area contributed by atoms with E-state index in [2.05, 4.69) is 15.0 Å². The molecule has 1 aliphatic rings. The molecular formula is C25H26F6N4O2. The molecule has 0 aliphatic carbocycles. The van der Waals surface area contributed by atoms with Crippen molar-refractivity contribution in [2.24, 2.45) is 0 Å². The van der Waals surface area contributed by atoms with Gasteiger partial charge in [-0.1, -0.05) is 30.3 Å². The molecule has 1 aromatic heterocycles. The van der Waals surface area contributed by atoms with Crippen LogP contribution in [0.25, 0.3) is 0 Å². The number of nitrogens with zero attached hydrogens (tertiary/aromatic N) is 4. The van der Waals surface area contributed by atoms with Gasteiger partial charge in [0.05, 0.1) is 36.4 Å². The molecule has 6 nitrogen and oxygen atoms in total. The summed E-state index contributed by atoms with van der Waals surface area (Å²) in [5.74, 6) is 0.805. The summed E-state index contributed by atoms with van der Waals surface area (Å²) in [7, 11) is 3.56. The van der Waals surface area contributed by atoms with E-state index in [1.807, 2.05) is 30.3 Å². The van der Waals surface area contributed by atoms with Gasteiger partial charge < -0.3 is 14.2 Å². The highest BCUT2D eigenvalue weighted by atomic mass is 19.4. The Morgan fingerprint density at radius 1 is 1.00 bits per heavy atom. The van der Waals surface area contributed by atoms with Crippen LogP contribution < -0.4 is 4.90 Å². The molecule has 200 valence electrons. The molecule has 1 aliphatic heterocycles. The minimum Gasteiger partial charge on any atom is -0.372 e. The summed E-state index contributed by atoms with van der Waals surface area (Å²) in [4.78, 5) is 8.14. The molecule has 2 heterocycles. The second-order valence-corrected chi connectivity index (χ2v) is 9.11. The van der Waals surface area contributed by atoms with Gasteiger partial charge in [-0.3, -0.25) is 4.90 Å². The van der Waals surface area contributed by atoms with Crippen molar-refractivity contribution < 1.29 is 35.6 Å². The number of benzene rings is 2. The summed E-state index contributed by atoms with van der Waals surface area (Å²) in [5.41, 5.74) is -2.02. The lowest BCUT2D eigenvalue weighted by Gasteiger charge is -2.40. The molecule has 4 rings (SSSR count). The molecule has 0 bridgehead atoms. The van der Waals surface area contributed by atoms with Crippen molar-refractivity contribution in [1.82, 2.24) is 15.0 Å². The van der Waals surface area contributed by atoms with Gasteiger partial charge in [0.25, 0.3) is 5.95 Å². The highest BCUT2D eigenvalue weighted by Gasteiger charge is 2.38. The predicted octanol–water partition coefficient (Wildman–Crippen LogP) is 6.10. The Morgan fingerprint density at radius 3 is 2.22 bits per heavy atom. The van der Waals surface area contributed by atoms with Crippen molar-refractivity contribution in [1.29, 1.82) is 0 Å². The molecular weight excluding hydrogens is 502 g/mol. The third-order valence-corrected chi connectivity index (χ3v) is 6.13. The molecule has 2 aromatic carbocycles. The van der Waals surface area contributed by atoms with Crippen LogP contribution in [0.2, 0.25) is 0 Å². The molecule has 37 heavy (non-hydrogen) atoms. The van der Waals surface area contributed by atoms with Crippen LogP contribution in [0, 0.1) is 0 Å². The zero-order valence-corrected chi connectivity index (χ0v) is 20.2. The molecule has 3 aromatic rings. The van der Waals surface area contributed by atoms with Crippen LogP contribution in [-0.4, -0.2) is 41.8 Å². The lowest BCUT2D eigenvalue weighted by Crippen LogP contribution is -2.42. The van der Waals surface area contributed by atoms with Crippen molar-refractivity contribution in [3.8, 4) is 0 Å². The summed E-state index contributed by atoms with van der Waals surface area (Å²) in [6.07, 6.45) is -9.04. The van der Waals surface area contributed by atoms with Gasteiger partial charge in [-0.15, -0.1) is 0 Å². The Morgan fingerprint density at radius 2 is 1.65 bits per heavy atom. The minimum atomic E-state index is -4.92. The highest BCUT2D eigenvalue weighted by Crippen LogP contribution is 2.38. The van der Waals surface area contributed by atoms with Gasteiger partial charge in [0.2, 0.25) is 5.89 Å². The Bertz CT molecular complexity index is 1150. The van der Waals surface area contributed by atoms with E-state index in [0.29, 0.717) is 49.9 Å². The summed E-state index contributed by atoms with van der Waals surface area (Å²) in [5, 5.41) is 3.93. The highest BCUT2D eigenvalue weighted by molar-refractivity contribution is 5.33. The van der Waals surface area contributed by atoms with Crippen LogP contribution in [0.1, 0.15) is 47.0 Å². The first-order valence-corrected chi connectivity index (χ1v) is 11.6. The largest absolute Gasteiger partial charge is 0.416 e. The first kappa shape index (κ1) is 26.9. The first-order valence-electron chi connectivity index (χ1n) is 11.6. The molecule has 0 N–H and O–H groups in total. The van der Waals surface area contributed by atoms with E-state index in [-0.39, 0.29) is 17.7 Å². The number of piperidine rings is 1. The maximum absolute atomic E-state index is 13.3. The second kappa shape index (κ2) is 10.7. The summed E-state index contributed by atoms with van der Waals surface area (Å²) >= 11 is 0. The van der Waals surface area contributed by atoms with Crippen LogP contribution in [0.4, 0.5) is 32.3 Å². The number of likely N-dealkylation sites (tertiary alicyclic amines) is 1. The maximum Gasteiger partial charge on any atom is 0.416 e. The molecule has 0 radical (unpaired) electrons. The van der Waals surface area contributed by atoms with Crippen molar-refractivity contribution in [2.45, 2.75) is 50.5 Å². The van der Waals surface area contributed by atoms with E-state index in [0.717, 1.165) is 5.56 Å². The number of ether oxygens (including phenoxy) is 1. The lowest BCUT2D eigenvalue weighted by molar-refractivity contribution is -0.143. The molecule has 0 spiro atoms. The van der Waals surface area contributed by atoms with Gasteiger partial charge in [0.1, 0.15) is 0 Å². The fourth-order valence-corrected chi connectivity index (χ4v) is 4.43. The zero-order chi connectivity index (χ0) is 26.8. The number of anilines is 1. The van der Waals surface area contributed by atoms with E-state index in [9.17, 15) is 26.3 Å². The van der Waals surface area contributed by atoms with E-state index in [1.54, 1.807) is 19.0 Å². The molecule has 2 unspecified atom stereocenters. The lowest BCUT2D eigenvalue weighted by atomic mass is 9.92. The summed E-state index contributed by atoms with van der Waals surface area (Å²) in [6, 6.07) is 10.6. The first-order chi connectivity index (χ1) is 17.4. The van der Waals surface area contributed by atoms with Gasteiger partial charge in [-0.25, -0.2) is 0 Å². The Hall–Kier alpha value is -3.12. The zero-order valence-electron chi connectivity index (χ0n) is 20.2. The van der Waals surface area contributed by atoms with Crippen LogP contribution in [-0.2, 0) is 30.2 Å². The van der Waals surface area contributed by atoms with Crippen LogP contribution in [0.15, 0.2) is 53.1 Å². The van der Waals surface area contributed by atoms with Crippen LogP contribution in [0.3, 0.4) is 0 Å². The number of rotatable bonds is 7. The monoisotopic (exact) mass is 528 g/mol. The summed E-state index contributed by atoms with van der Waals surface area (Å²) in [6.45, 7) is 0.573. The van der Waals surface area contributed by atoms with Crippen molar-refractivity contribution in [3.05, 3.63) is 76.7 Å². The Labute approximate surface area is 209 Å².